The van der Waals surface area contributed by atoms with Gasteiger partial charge in [0.15, 0.2) is 0 Å². The number of phenols is 1. The standard InChI is InChI=1S/C22H28N4O4/c1-30-18-9-11-26(12-10-18)22(29)19(13-15-5-7-17(27)8-6-15)25-21(28)14-16-3-2-4-20(23)24-16/h2-8,18-19,27H,9-14H2,1H3,(H2,23,24)(H,25,28). The molecule has 30 heavy (non-hydrogen) atoms. The Morgan fingerprint density at radius 2 is 1.93 bits per heavy atom. The Morgan fingerprint density at radius 3 is 2.57 bits per heavy atom. The molecule has 3 rings (SSSR count). The van der Waals surface area contributed by atoms with Gasteiger partial charge in [-0.05, 0) is 42.7 Å². The summed E-state index contributed by atoms with van der Waals surface area (Å²) in [5, 5.41) is 12.4. The Morgan fingerprint density at radius 1 is 1.23 bits per heavy atom. The van der Waals surface area contributed by atoms with Crippen LogP contribution in [0.5, 0.6) is 5.75 Å². The smallest absolute Gasteiger partial charge is 0.245 e. The van der Waals surface area contributed by atoms with Gasteiger partial charge in [-0.1, -0.05) is 18.2 Å². The van der Waals surface area contributed by atoms with E-state index >= 15 is 0 Å². The highest BCUT2D eigenvalue weighted by molar-refractivity contribution is 5.88. The van der Waals surface area contributed by atoms with Gasteiger partial charge in [-0.2, -0.15) is 0 Å². The number of pyridine rings is 1. The van der Waals surface area contributed by atoms with Gasteiger partial charge in [0.1, 0.15) is 17.6 Å². The number of amides is 2. The topological polar surface area (TPSA) is 118 Å². The molecule has 1 saturated heterocycles. The number of ether oxygens (including phenoxy) is 1. The summed E-state index contributed by atoms with van der Waals surface area (Å²) < 4.78 is 5.38. The molecule has 0 aliphatic carbocycles. The fourth-order valence-electron chi connectivity index (χ4n) is 3.61. The Bertz CT molecular complexity index is 864. The quantitative estimate of drug-likeness (QED) is 0.631. The lowest BCUT2D eigenvalue weighted by atomic mass is 10.0. The van der Waals surface area contributed by atoms with Crippen molar-refractivity contribution in [3.8, 4) is 5.75 Å². The van der Waals surface area contributed by atoms with Crippen LogP contribution >= 0.6 is 0 Å². The molecule has 1 atom stereocenters. The molecule has 0 bridgehead atoms. The second-order valence-electron chi connectivity index (χ2n) is 7.48. The lowest BCUT2D eigenvalue weighted by Crippen LogP contribution is -2.52. The molecule has 8 nitrogen and oxygen atoms in total. The number of aromatic nitrogens is 1. The van der Waals surface area contributed by atoms with E-state index in [1.807, 2.05) is 0 Å². The molecule has 4 N–H and O–H groups in total. The van der Waals surface area contributed by atoms with Crippen LogP contribution in [-0.4, -0.2) is 59.1 Å². The van der Waals surface area contributed by atoms with E-state index in [-0.39, 0.29) is 30.1 Å². The molecule has 8 heteroatoms. The van der Waals surface area contributed by atoms with E-state index in [4.69, 9.17) is 10.5 Å². The number of carbonyl (C=O) groups is 2. The molecule has 1 unspecified atom stereocenters. The number of hydrogen-bond donors (Lipinski definition) is 3. The van der Waals surface area contributed by atoms with E-state index in [2.05, 4.69) is 10.3 Å². The van der Waals surface area contributed by atoms with Gasteiger partial charge in [-0.15, -0.1) is 0 Å². The summed E-state index contributed by atoms with van der Waals surface area (Å²) >= 11 is 0. The first-order chi connectivity index (χ1) is 14.4. The van der Waals surface area contributed by atoms with E-state index in [1.54, 1.807) is 54.5 Å². The summed E-state index contributed by atoms with van der Waals surface area (Å²) in [5.41, 5.74) is 7.08. The summed E-state index contributed by atoms with van der Waals surface area (Å²) in [7, 11) is 1.68. The minimum absolute atomic E-state index is 0.0378. The van der Waals surface area contributed by atoms with Crippen LogP contribution in [0.25, 0.3) is 0 Å². The summed E-state index contributed by atoms with van der Waals surface area (Å²) in [5.74, 6) is 0.0848. The van der Waals surface area contributed by atoms with Gasteiger partial charge in [0, 0.05) is 26.6 Å². The van der Waals surface area contributed by atoms with Gasteiger partial charge < -0.3 is 25.8 Å². The van der Waals surface area contributed by atoms with Crippen LogP contribution in [0, 0.1) is 0 Å². The molecule has 0 spiro atoms. The first kappa shape index (κ1) is 21.6. The third kappa shape index (κ3) is 5.93. The number of benzene rings is 1. The number of methoxy groups -OCH3 is 1. The Labute approximate surface area is 176 Å². The summed E-state index contributed by atoms with van der Waals surface area (Å²) in [4.78, 5) is 31.8. The normalized spacial score (nSPS) is 15.6. The number of nitrogen functional groups attached to an aromatic ring is 1. The predicted molar refractivity (Wildman–Crippen MR) is 113 cm³/mol. The number of carbonyl (C=O) groups excluding carboxylic acids is 2. The minimum Gasteiger partial charge on any atom is -0.508 e. The molecule has 2 amide bonds. The van der Waals surface area contributed by atoms with E-state index in [0.717, 1.165) is 18.4 Å². The SMILES string of the molecule is COC1CCN(C(=O)C(Cc2ccc(O)cc2)NC(=O)Cc2cccc(N)n2)CC1. The third-order valence-corrected chi connectivity index (χ3v) is 5.27. The van der Waals surface area contributed by atoms with E-state index < -0.39 is 6.04 Å². The van der Waals surface area contributed by atoms with E-state index in [0.29, 0.717) is 31.0 Å². The molecule has 1 aliphatic rings. The molecule has 1 aromatic carbocycles. The molecule has 0 radical (unpaired) electrons. The minimum atomic E-state index is -0.706. The number of likely N-dealkylation sites (tertiary alicyclic amines) is 1. The van der Waals surface area contributed by atoms with Crippen molar-refractivity contribution in [1.82, 2.24) is 15.2 Å². The van der Waals surface area contributed by atoms with Crippen LogP contribution in [-0.2, 0) is 27.2 Å². The number of rotatable bonds is 7. The number of nitrogens with zero attached hydrogens (tertiary/aromatic N) is 2. The molecule has 1 fully saturated rings. The fourth-order valence-corrected chi connectivity index (χ4v) is 3.61. The lowest BCUT2D eigenvalue weighted by molar-refractivity contribution is -0.138. The van der Waals surface area contributed by atoms with Crippen LogP contribution < -0.4 is 11.1 Å². The molecule has 1 aliphatic heterocycles. The average molecular weight is 412 g/mol. The van der Waals surface area contributed by atoms with Gasteiger partial charge in [0.05, 0.1) is 18.2 Å². The lowest BCUT2D eigenvalue weighted by Gasteiger charge is -2.34. The van der Waals surface area contributed by atoms with Crippen LogP contribution in [0.3, 0.4) is 0 Å². The maximum absolute atomic E-state index is 13.2. The van der Waals surface area contributed by atoms with Gasteiger partial charge >= 0.3 is 0 Å². The monoisotopic (exact) mass is 412 g/mol. The fraction of sp³-hybridized carbons (Fsp3) is 0.409. The highest BCUT2D eigenvalue weighted by Crippen LogP contribution is 2.17. The number of anilines is 1. The number of nitrogens with one attached hydrogen (secondary N) is 1. The third-order valence-electron chi connectivity index (χ3n) is 5.27. The number of hydrogen-bond acceptors (Lipinski definition) is 6. The van der Waals surface area contributed by atoms with Crippen molar-refractivity contribution in [1.29, 1.82) is 0 Å². The summed E-state index contributed by atoms with van der Waals surface area (Å²) in [6.45, 7) is 1.19. The highest BCUT2D eigenvalue weighted by Gasteiger charge is 2.29. The number of piperidine rings is 1. The van der Waals surface area contributed by atoms with Crippen LogP contribution in [0.2, 0.25) is 0 Å². The molecular formula is C22H28N4O4. The van der Waals surface area contributed by atoms with Crippen molar-refractivity contribution in [3.63, 3.8) is 0 Å². The summed E-state index contributed by atoms with van der Waals surface area (Å²) in [6.07, 6.45) is 2.08. The maximum Gasteiger partial charge on any atom is 0.245 e. The Kier molecular flexibility index (Phi) is 7.24. The first-order valence-electron chi connectivity index (χ1n) is 10.0. The van der Waals surface area contributed by atoms with E-state index in [9.17, 15) is 14.7 Å². The van der Waals surface area contributed by atoms with Crippen molar-refractivity contribution in [2.75, 3.05) is 25.9 Å². The van der Waals surface area contributed by atoms with E-state index in [1.165, 1.54) is 0 Å². The van der Waals surface area contributed by atoms with Gasteiger partial charge in [-0.25, -0.2) is 4.98 Å². The van der Waals surface area contributed by atoms with Crippen molar-refractivity contribution in [2.45, 2.75) is 37.8 Å². The zero-order chi connectivity index (χ0) is 21.5. The Balaban J connectivity index is 1.70. The molecule has 0 saturated carbocycles. The van der Waals surface area contributed by atoms with Gasteiger partial charge in [-0.3, -0.25) is 9.59 Å². The molecule has 2 heterocycles. The number of aromatic hydroxyl groups is 1. The van der Waals surface area contributed by atoms with Crippen molar-refractivity contribution in [2.24, 2.45) is 0 Å². The number of nitrogens with two attached hydrogens (primary N) is 1. The van der Waals surface area contributed by atoms with Crippen LogP contribution in [0.15, 0.2) is 42.5 Å². The predicted octanol–water partition coefficient (Wildman–Crippen LogP) is 1.28. The highest BCUT2D eigenvalue weighted by atomic mass is 16.5. The van der Waals surface area contributed by atoms with Gasteiger partial charge in [0.2, 0.25) is 11.8 Å². The largest absolute Gasteiger partial charge is 0.508 e. The zero-order valence-electron chi connectivity index (χ0n) is 17.1. The molecule has 1 aromatic heterocycles. The Hall–Kier alpha value is -3.13. The van der Waals surface area contributed by atoms with Crippen molar-refractivity contribution >= 4 is 17.6 Å². The van der Waals surface area contributed by atoms with Crippen molar-refractivity contribution < 1.29 is 19.4 Å². The second kappa shape index (κ2) is 10.1. The second-order valence-corrected chi connectivity index (χ2v) is 7.48. The molecule has 160 valence electrons. The maximum atomic E-state index is 13.2. The van der Waals surface area contributed by atoms with Crippen LogP contribution in [0.1, 0.15) is 24.1 Å². The zero-order valence-corrected chi connectivity index (χ0v) is 17.1. The van der Waals surface area contributed by atoms with Gasteiger partial charge in [0.25, 0.3) is 0 Å². The first-order valence-corrected chi connectivity index (χ1v) is 10.0. The summed E-state index contributed by atoms with van der Waals surface area (Å²) in [6, 6.07) is 11.0. The van der Waals surface area contributed by atoms with Crippen molar-refractivity contribution in [3.05, 3.63) is 53.7 Å². The molecular weight excluding hydrogens is 384 g/mol. The van der Waals surface area contributed by atoms with Crippen LogP contribution in [0.4, 0.5) is 5.82 Å². The number of phenolic OH excluding ortho intramolecular Hbond substituents is 1. The average Bonchev–Trinajstić information content (AvgIpc) is 2.74. The molecule has 2 aromatic rings.